The Labute approximate surface area is 92.2 Å². The maximum Gasteiger partial charge on any atom is 0.102 e. The first kappa shape index (κ1) is 8.76. The Morgan fingerprint density at radius 1 is 1.36 bits per heavy atom. The van der Waals surface area contributed by atoms with Crippen LogP contribution in [0.5, 0.6) is 0 Å². The lowest BCUT2D eigenvalue weighted by Crippen LogP contribution is -2.23. The first-order chi connectivity index (χ1) is 5.09. The minimum absolute atomic E-state index is 0.0752. The van der Waals surface area contributed by atoms with Gasteiger partial charge < -0.3 is 0 Å². The fourth-order valence-electron chi connectivity index (χ4n) is 2.00. The molecule has 0 aliphatic heterocycles. The number of rotatable bonds is 0. The van der Waals surface area contributed by atoms with Gasteiger partial charge in [0.1, 0.15) is 3.23 Å². The molecule has 0 aromatic carbocycles. The zero-order chi connectivity index (χ0) is 8.06. The summed E-state index contributed by atoms with van der Waals surface area (Å²) in [6.07, 6.45) is 6.28. The average Bonchev–Trinajstić information content (AvgIpc) is 2.28. The standard InChI is InChI=1S/C8H9Br3/c9-7-4-8(10,11)6-2-1-5(7)3-6/h4-6H,1-3H2. The monoisotopic (exact) mass is 342 g/mol. The summed E-state index contributed by atoms with van der Waals surface area (Å²) in [7, 11) is 0. The Kier molecular flexibility index (Phi) is 2.27. The van der Waals surface area contributed by atoms with Gasteiger partial charge in [-0.2, -0.15) is 0 Å². The van der Waals surface area contributed by atoms with E-state index in [1.165, 1.54) is 23.7 Å². The van der Waals surface area contributed by atoms with Crippen molar-refractivity contribution in [1.29, 1.82) is 0 Å². The van der Waals surface area contributed by atoms with Crippen molar-refractivity contribution < 1.29 is 0 Å². The molecule has 1 saturated carbocycles. The third-order valence-corrected chi connectivity index (χ3v) is 5.33. The molecular weight excluding hydrogens is 336 g/mol. The Bertz CT molecular complexity index is 207. The van der Waals surface area contributed by atoms with Crippen molar-refractivity contribution in [3.63, 3.8) is 0 Å². The third-order valence-electron chi connectivity index (χ3n) is 2.70. The smallest absolute Gasteiger partial charge is 0.0677 e. The molecule has 2 bridgehead atoms. The van der Waals surface area contributed by atoms with E-state index in [-0.39, 0.29) is 3.23 Å². The van der Waals surface area contributed by atoms with Crippen molar-refractivity contribution in [2.45, 2.75) is 22.5 Å². The molecule has 0 amide bonds. The molecule has 3 heteroatoms. The molecule has 1 fully saturated rings. The van der Waals surface area contributed by atoms with Crippen LogP contribution in [0, 0.1) is 11.8 Å². The zero-order valence-electron chi connectivity index (χ0n) is 5.99. The Hall–Kier alpha value is 1.18. The quantitative estimate of drug-likeness (QED) is 0.578. The molecule has 2 rings (SSSR count). The molecule has 11 heavy (non-hydrogen) atoms. The van der Waals surface area contributed by atoms with E-state index in [1.807, 2.05) is 0 Å². The van der Waals surface area contributed by atoms with E-state index in [1.54, 1.807) is 0 Å². The Morgan fingerprint density at radius 3 is 2.82 bits per heavy atom. The van der Waals surface area contributed by atoms with E-state index in [0.29, 0.717) is 0 Å². The maximum atomic E-state index is 3.70. The number of fused-ring (bicyclic) bond motifs is 2. The van der Waals surface area contributed by atoms with Crippen LogP contribution in [0.15, 0.2) is 10.6 Å². The first-order valence-corrected chi connectivity index (χ1v) is 6.23. The molecule has 2 aliphatic rings. The number of allylic oxidation sites excluding steroid dienone is 2. The van der Waals surface area contributed by atoms with Crippen molar-refractivity contribution in [3.05, 3.63) is 10.6 Å². The molecule has 0 saturated heterocycles. The number of hydrogen-bond acceptors (Lipinski definition) is 0. The highest BCUT2D eigenvalue weighted by Gasteiger charge is 2.42. The molecule has 0 heterocycles. The molecule has 0 aromatic rings. The van der Waals surface area contributed by atoms with Gasteiger partial charge in [0.15, 0.2) is 0 Å². The van der Waals surface area contributed by atoms with Gasteiger partial charge in [-0.25, -0.2) is 0 Å². The van der Waals surface area contributed by atoms with Crippen LogP contribution < -0.4 is 0 Å². The lowest BCUT2D eigenvalue weighted by atomic mass is 9.95. The van der Waals surface area contributed by atoms with Gasteiger partial charge in [-0.3, -0.25) is 0 Å². The van der Waals surface area contributed by atoms with Crippen LogP contribution in [0.25, 0.3) is 0 Å². The largest absolute Gasteiger partial charge is 0.102 e. The van der Waals surface area contributed by atoms with Crippen LogP contribution >= 0.6 is 47.8 Å². The van der Waals surface area contributed by atoms with Gasteiger partial charge in [0.05, 0.1) is 0 Å². The summed E-state index contributed by atoms with van der Waals surface area (Å²) in [6, 6.07) is 0. The molecule has 2 atom stereocenters. The molecule has 0 nitrogen and oxygen atoms in total. The van der Waals surface area contributed by atoms with Crippen LogP contribution in [-0.2, 0) is 0 Å². The van der Waals surface area contributed by atoms with Crippen LogP contribution in [0.2, 0.25) is 0 Å². The highest BCUT2D eigenvalue weighted by molar-refractivity contribution is 9.25. The number of halogens is 3. The zero-order valence-corrected chi connectivity index (χ0v) is 10.7. The van der Waals surface area contributed by atoms with Crippen LogP contribution in [0.3, 0.4) is 0 Å². The highest BCUT2D eigenvalue weighted by atomic mass is 79.9. The molecule has 0 radical (unpaired) electrons. The lowest BCUT2D eigenvalue weighted by molar-refractivity contribution is 0.515. The molecule has 0 spiro atoms. The minimum Gasteiger partial charge on any atom is -0.0677 e. The van der Waals surface area contributed by atoms with Gasteiger partial charge in [-0.1, -0.05) is 47.8 Å². The van der Waals surface area contributed by atoms with Crippen LogP contribution in [0.1, 0.15) is 19.3 Å². The van der Waals surface area contributed by atoms with Gasteiger partial charge >= 0.3 is 0 Å². The summed E-state index contributed by atoms with van der Waals surface area (Å²) >= 11 is 11.0. The molecule has 0 N–H and O–H groups in total. The Morgan fingerprint density at radius 2 is 2.09 bits per heavy atom. The fourth-order valence-corrected chi connectivity index (χ4v) is 4.72. The maximum absolute atomic E-state index is 3.70. The van der Waals surface area contributed by atoms with Crippen LogP contribution in [0.4, 0.5) is 0 Å². The fraction of sp³-hybridized carbons (Fsp3) is 0.750. The minimum atomic E-state index is 0.0752. The summed E-state index contributed by atoms with van der Waals surface area (Å²) in [4.78, 5) is 0. The van der Waals surface area contributed by atoms with Crippen molar-refractivity contribution in [2.24, 2.45) is 11.8 Å². The van der Waals surface area contributed by atoms with Crippen molar-refractivity contribution in [2.75, 3.05) is 0 Å². The van der Waals surface area contributed by atoms with Crippen LogP contribution in [-0.4, -0.2) is 3.23 Å². The molecule has 2 unspecified atom stereocenters. The number of hydrogen-bond donors (Lipinski definition) is 0. The molecule has 0 aromatic heterocycles. The van der Waals surface area contributed by atoms with E-state index >= 15 is 0 Å². The highest BCUT2D eigenvalue weighted by Crippen LogP contribution is 2.54. The Balaban J connectivity index is 2.34. The number of alkyl halides is 2. The molecule has 2 aliphatic carbocycles. The summed E-state index contributed by atoms with van der Waals surface area (Å²) in [5.74, 6) is 1.59. The first-order valence-electron chi connectivity index (χ1n) is 3.85. The third kappa shape index (κ3) is 1.49. The SMILES string of the molecule is BrC1=CC(Br)(Br)C2CCC1C2. The second kappa shape index (κ2) is 2.85. The summed E-state index contributed by atoms with van der Waals surface area (Å²) < 4.78 is 1.45. The van der Waals surface area contributed by atoms with Crippen molar-refractivity contribution >= 4 is 47.8 Å². The van der Waals surface area contributed by atoms with Crippen molar-refractivity contribution in [3.8, 4) is 0 Å². The van der Waals surface area contributed by atoms with E-state index in [9.17, 15) is 0 Å². The molecule has 62 valence electrons. The van der Waals surface area contributed by atoms with Gasteiger partial charge in [-0.05, 0) is 41.7 Å². The molecular formula is C8H9Br3. The van der Waals surface area contributed by atoms with Gasteiger partial charge in [-0.15, -0.1) is 0 Å². The van der Waals surface area contributed by atoms with Gasteiger partial charge in [0.25, 0.3) is 0 Å². The van der Waals surface area contributed by atoms with E-state index in [2.05, 4.69) is 53.9 Å². The predicted octanol–water partition coefficient (Wildman–Crippen LogP) is 4.18. The predicted molar refractivity (Wildman–Crippen MR) is 58.4 cm³/mol. The lowest BCUT2D eigenvalue weighted by Gasteiger charge is -2.29. The summed E-state index contributed by atoms with van der Waals surface area (Å²) in [5, 5.41) is 0. The van der Waals surface area contributed by atoms with E-state index in [0.717, 1.165) is 11.8 Å². The topological polar surface area (TPSA) is 0 Å². The normalized spacial score (nSPS) is 40.5. The van der Waals surface area contributed by atoms with Crippen molar-refractivity contribution in [1.82, 2.24) is 0 Å². The second-order valence-electron chi connectivity index (χ2n) is 3.41. The summed E-state index contributed by atoms with van der Waals surface area (Å²) in [6.45, 7) is 0. The van der Waals surface area contributed by atoms with E-state index < -0.39 is 0 Å². The second-order valence-corrected chi connectivity index (χ2v) is 8.01. The summed E-state index contributed by atoms with van der Waals surface area (Å²) in [5.41, 5.74) is 0. The average molecular weight is 345 g/mol. The van der Waals surface area contributed by atoms with E-state index in [4.69, 9.17) is 0 Å². The van der Waals surface area contributed by atoms with Gasteiger partial charge in [0.2, 0.25) is 0 Å². The van der Waals surface area contributed by atoms with Gasteiger partial charge in [0, 0.05) is 0 Å².